The number of hydrogen-bond donors (Lipinski definition) is 1. The topological polar surface area (TPSA) is 61.0 Å². The highest BCUT2D eigenvalue weighted by molar-refractivity contribution is 8.00. The first-order valence-electron chi connectivity index (χ1n) is 5.52. The zero-order valence-corrected chi connectivity index (χ0v) is 11.9. The van der Waals surface area contributed by atoms with Crippen LogP contribution in [0.5, 0.6) is 5.75 Å². The van der Waals surface area contributed by atoms with E-state index in [1.165, 1.54) is 11.5 Å². The largest absolute Gasteiger partial charge is 0.496 e. The van der Waals surface area contributed by atoms with E-state index in [2.05, 4.69) is 9.36 Å². The predicted octanol–water partition coefficient (Wildman–Crippen LogP) is 2.65. The van der Waals surface area contributed by atoms with Crippen LogP contribution >= 0.6 is 23.3 Å². The van der Waals surface area contributed by atoms with Gasteiger partial charge in [-0.25, -0.2) is 4.98 Å². The van der Waals surface area contributed by atoms with Crippen LogP contribution in [0.1, 0.15) is 17.4 Å². The minimum Gasteiger partial charge on any atom is -0.496 e. The number of thioether (sulfide) groups is 1. The zero-order chi connectivity index (χ0) is 13.0. The number of para-hydroxylation sites is 1. The van der Waals surface area contributed by atoms with Crippen molar-refractivity contribution in [2.75, 3.05) is 12.9 Å². The summed E-state index contributed by atoms with van der Waals surface area (Å²) in [5.74, 6) is 2.40. The minimum absolute atomic E-state index is 0.0737. The molecule has 1 atom stereocenters. The van der Waals surface area contributed by atoms with Gasteiger partial charge in [-0.05, 0) is 24.5 Å². The van der Waals surface area contributed by atoms with Crippen LogP contribution in [0.15, 0.2) is 28.6 Å². The third-order valence-electron chi connectivity index (χ3n) is 2.43. The van der Waals surface area contributed by atoms with Crippen molar-refractivity contribution in [2.45, 2.75) is 17.3 Å². The first kappa shape index (κ1) is 13.3. The number of methoxy groups -OCH3 is 1. The van der Waals surface area contributed by atoms with Gasteiger partial charge in [-0.1, -0.05) is 30.0 Å². The van der Waals surface area contributed by atoms with E-state index in [-0.39, 0.29) is 6.04 Å². The van der Waals surface area contributed by atoms with E-state index in [0.717, 1.165) is 27.2 Å². The standard InChI is InChI=1S/C12H15N3OS2/c1-8-14-12(18-15-8)17-7-10(13)9-5-3-4-6-11(9)16-2/h3-6,10H,7,13H2,1-2H3. The Bertz CT molecular complexity index is 516. The van der Waals surface area contributed by atoms with Crippen molar-refractivity contribution >= 4 is 23.3 Å². The van der Waals surface area contributed by atoms with Crippen LogP contribution < -0.4 is 10.5 Å². The fourth-order valence-electron chi connectivity index (χ4n) is 1.56. The van der Waals surface area contributed by atoms with Gasteiger partial charge in [-0.2, -0.15) is 4.37 Å². The quantitative estimate of drug-likeness (QED) is 0.854. The second-order valence-corrected chi connectivity index (χ2v) is 5.79. The maximum absolute atomic E-state index is 6.18. The summed E-state index contributed by atoms with van der Waals surface area (Å²) in [6.45, 7) is 1.89. The summed E-state index contributed by atoms with van der Waals surface area (Å²) in [5, 5.41) is 0. The van der Waals surface area contributed by atoms with Gasteiger partial charge in [-0.3, -0.25) is 0 Å². The average molecular weight is 281 g/mol. The molecule has 1 heterocycles. The fourth-order valence-corrected chi connectivity index (χ4v) is 3.21. The molecule has 2 N–H and O–H groups in total. The van der Waals surface area contributed by atoms with Gasteiger partial charge in [0.15, 0.2) is 4.34 Å². The molecule has 0 saturated heterocycles. The van der Waals surface area contributed by atoms with Crippen LogP contribution in [0.25, 0.3) is 0 Å². The van der Waals surface area contributed by atoms with E-state index in [1.807, 2.05) is 31.2 Å². The van der Waals surface area contributed by atoms with Gasteiger partial charge in [-0.15, -0.1) is 0 Å². The number of aromatic nitrogens is 2. The number of aryl methyl sites for hydroxylation is 1. The van der Waals surface area contributed by atoms with Crippen molar-refractivity contribution in [3.05, 3.63) is 35.7 Å². The third-order valence-corrected chi connectivity index (χ3v) is 4.48. The zero-order valence-electron chi connectivity index (χ0n) is 10.3. The molecule has 96 valence electrons. The van der Waals surface area contributed by atoms with E-state index < -0.39 is 0 Å². The monoisotopic (exact) mass is 281 g/mol. The molecule has 2 aromatic rings. The Morgan fingerprint density at radius 2 is 2.22 bits per heavy atom. The molecule has 4 nitrogen and oxygen atoms in total. The van der Waals surface area contributed by atoms with Crippen molar-refractivity contribution in [1.82, 2.24) is 9.36 Å². The van der Waals surface area contributed by atoms with Gasteiger partial charge < -0.3 is 10.5 Å². The molecule has 0 aliphatic rings. The lowest BCUT2D eigenvalue weighted by Crippen LogP contribution is -2.14. The van der Waals surface area contributed by atoms with Gasteiger partial charge in [0.05, 0.1) is 7.11 Å². The fraction of sp³-hybridized carbons (Fsp3) is 0.333. The van der Waals surface area contributed by atoms with Gasteiger partial charge in [0, 0.05) is 17.4 Å². The molecule has 0 fully saturated rings. The van der Waals surface area contributed by atoms with Crippen LogP contribution in [-0.2, 0) is 0 Å². The Kier molecular flexibility index (Phi) is 4.57. The van der Waals surface area contributed by atoms with Crippen molar-refractivity contribution in [3.63, 3.8) is 0 Å². The molecule has 0 amide bonds. The second kappa shape index (κ2) is 6.17. The van der Waals surface area contributed by atoms with Crippen LogP contribution in [0, 0.1) is 6.92 Å². The Morgan fingerprint density at radius 3 is 2.89 bits per heavy atom. The van der Waals surface area contributed by atoms with E-state index in [9.17, 15) is 0 Å². The Hall–Kier alpha value is -1.11. The molecule has 18 heavy (non-hydrogen) atoms. The first-order chi connectivity index (χ1) is 8.70. The van der Waals surface area contributed by atoms with Gasteiger partial charge in [0.2, 0.25) is 0 Å². The molecule has 1 aromatic carbocycles. The van der Waals surface area contributed by atoms with Gasteiger partial charge in [0.25, 0.3) is 0 Å². The van der Waals surface area contributed by atoms with E-state index >= 15 is 0 Å². The predicted molar refractivity (Wildman–Crippen MR) is 75.3 cm³/mol. The Balaban J connectivity index is 2.01. The molecule has 1 unspecified atom stereocenters. The van der Waals surface area contributed by atoms with Gasteiger partial charge >= 0.3 is 0 Å². The summed E-state index contributed by atoms with van der Waals surface area (Å²) >= 11 is 3.04. The molecule has 0 spiro atoms. The van der Waals surface area contributed by atoms with E-state index in [4.69, 9.17) is 10.5 Å². The number of nitrogens with zero attached hydrogens (tertiary/aromatic N) is 2. The number of rotatable bonds is 5. The molecule has 0 radical (unpaired) electrons. The smallest absolute Gasteiger partial charge is 0.170 e. The molecule has 0 bridgehead atoms. The van der Waals surface area contributed by atoms with Crippen molar-refractivity contribution in [2.24, 2.45) is 5.73 Å². The molecule has 2 rings (SSSR count). The molecular weight excluding hydrogens is 266 g/mol. The summed E-state index contributed by atoms with van der Waals surface area (Å²) < 4.78 is 10.4. The maximum Gasteiger partial charge on any atom is 0.170 e. The summed E-state index contributed by atoms with van der Waals surface area (Å²) in [4.78, 5) is 4.30. The number of nitrogens with two attached hydrogens (primary N) is 1. The Labute approximate surface area is 115 Å². The molecule has 0 saturated carbocycles. The first-order valence-corrected chi connectivity index (χ1v) is 7.28. The van der Waals surface area contributed by atoms with Crippen molar-refractivity contribution in [3.8, 4) is 5.75 Å². The highest BCUT2D eigenvalue weighted by Crippen LogP contribution is 2.29. The third kappa shape index (κ3) is 3.22. The lowest BCUT2D eigenvalue weighted by atomic mass is 10.1. The lowest BCUT2D eigenvalue weighted by molar-refractivity contribution is 0.407. The maximum atomic E-state index is 6.18. The Morgan fingerprint density at radius 1 is 1.44 bits per heavy atom. The van der Waals surface area contributed by atoms with Crippen molar-refractivity contribution < 1.29 is 4.74 Å². The van der Waals surface area contributed by atoms with Gasteiger partial charge in [0.1, 0.15) is 11.6 Å². The molecule has 0 aliphatic heterocycles. The minimum atomic E-state index is -0.0737. The number of benzene rings is 1. The molecular formula is C12H15N3OS2. The van der Waals surface area contributed by atoms with E-state index in [1.54, 1.807) is 18.9 Å². The van der Waals surface area contributed by atoms with Crippen LogP contribution in [0.4, 0.5) is 0 Å². The summed E-state index contributed by atoms with van der Waals surface area (Å²) in [6, 6.07) is 7.76. The highest BCUT2D eigenvalue weighted by Gasteiger charge is 2.12. The molecule has 6 heteroatoms. The lowest BCUT2D eigenvalue weighted by Gasteiger charge is -2.14. The molecule has 1 aromatic heterocycles. The van der Waals surface area contributed by atoms with Crippen LogP contribution in [-0.4, -0.2) is 22.2 Å². The summed E-state index contributed by atoms with van der Waals surface area (Å²) in [7, 11) is 1.66. The molecule has 0 aliphatic carbocycles. The van der Waals surface area contributed by atoms with E-state index in [0.29, 0.717) is 0 Å². The van der Waals surface area contributed by atoms with Crippen LogP contribution in [0.3, 0.4) is 0 Å². The average Bonchev–Trinajstić information content (AvgIpc) is 2.81. The number of hydrogen-bond acceptors (Lipinski definition) is 6. The second-order valence-electron chi connectivity index (χ2n) is 3.77. The number of ether oxygens (including phenoxy) is 1. The normalized spacial score (nSPS) is 12.4. The SMILES string of the molecule is COc1ccccc1C(N)CSc1nc(C)ns1. The van der Waals surface area contributed by atoms with Crippen molar-refractivity contribution in [1.29, 1.82) is 0 Å². The highest BCUT2D eigenvalue weighted by atomic mass is 32.2. The van der Waals surface area contributed by atoms with Crippen LogP contribution in [0.2, 0.25) is 0 Å². The summed E-state index contributed by atoms with van der Waals surface area (Å²) in [6.07, 6.45) is 0. The summed E-state index contributed by atoms with van der Waals surface area (Å²) in [5.41, 5.74) is 7.20.